The molecule has 0 aromatic heterocycles. The van der Waals surface area contributed by atoms with Crippen molar-refractivity contribution in [1.82, 2.24) is 5.43 Å². The van der Waals surface area contributed by atoms with Crippen LogP contribution in [0.1, 0.15) is 25.0 Å². The van der Waals surface area contributed by atoms with Crippen LogP contribution < -0.4 is 14.9 Å². The van der Waals surface area contributed by atoms with Gasteiger partial charge in [-0.1, -0.05) is 48.5 Å². The molecule has 0 aliphatic rings. The molecule has 0 aliphatic carbocycles. The second-order valence-electron chi connectivity index (χ2n) is 6.27. The molecule has 0 atom stereocenters. The van der Waals surface area contributed by atoms with Crippen molar-refractivity contribution in [2.75, 3.05) is 7.11 Å². The third kappa shape index (κ3) is 4.14. The first-order valence-electron chi connectivity index (χ1n) is 8.75. The zero-order chi connectivity index (χ0) is 18.4. The van der Waals surface area contributed by atoms with Gasteiger partial charge in [0.2, 0.25) is 0 Å². The molecule has 3 aromatic carbocycles. The van der Waals surface area contributed by atoms with Gasteiger partial charge in [-0.2, -0.15) is 5.10 Å². The Kier molecular flexibility index (Phi) is 5.74. The van der Waals surface area contributed by atoms with E-state index in [1.165, 1.54) is 0 Å². The van der Waals surface area contributed by atoms with Gasteiger partial charge in [-0.25, -0.2) is 0 Å². The van der Waals surface area contributed by atoms with Gasteiger partial charge in [0.15, 0.2) is 0 Å². The quantitative estimate of drug-likeness (QED) is 0.494. The lowest BCUT2D eigenvalue weighted by molar-refractivity contribution is 0.242. The summed E-state index contributed by atoms with van der Waals surface area (Å²) in [5, 5.41) is 6.70. The number of nitrogens with one attached hydrogen (secondary N) is 1. The highest BCUT2D eigenvalue weighted by Crippen LogP contribution is 2.27. The van der Waals surface area contributed by atoms with Crippen LogP contribution in [0.3, 0.4) is 0 Å². The molecule has 0 fully saturated rings. The minimum absolute atomic E-state index is 0.102. The van der Waals surface area contributed by atoms with Crippen LogP contribution in [0.5, 0.6) is 11.5 Å². The Balaban J connectivity index is 1.83. The highest BCUT2D eigenvalue weighted by Gasteiger charge is 2.08. The molecule has 26 heavy (non-hydrogen) atoms. The van der Waals surface area contributed by atoms with Crippen molar-refractivity contribution >= 4 is 17.0 Å². The predicted molar refractivity (Wildman–Crippen MR) is 107 cm³/mol. The second kappa shape index (κ2) is 8.39. The molecule has 0 saturated carbocycles. The van der Waals surface area contributed by atoms with E-state index in [1.54, 1.807) is 7.11 Å². The smallest absolute Gasteiger partial charge is 0.129 e. The van der Waals surface area contributed by atoms with Crippen LogP contribution in [0.2, 0.25) is 0 Å². The summed E-state index contributed by atoms with van der Waals surface area (Å²) in [5.41, 5.74) is 5.14. The molecule has 0 saturated heterocycles. The molecule has 0 bridgehead atoms. The second-order valence-corrected chi connectivity index (χ2v) is 6.27. The predicted octanol–water partition coefficient (Wildman–Crippen LogP) is 4.76. The van der Waals surface area contributed by atoms with Crippen molar-refractivity contribution in [2.45, 2.75) is 26.5 Å². The van der Waals surface area contributed by atoms with Gasteiger partial charge in [0.1, 0.15) is 11.5 Å². The summed E-state index contributed by atoms with van der Waals surface area (Å²) in [7, 11) is 1.67. The minimum atomic E-state index is 0.102. The van der Waals surface area contributed by atoms with Crippen LogP contribution in [0.15, 0.2) is 65.8 Å². The van der Waals surface area contributed by atoms with Gasteiger partial charge in [-0.05, 0) is 36.8 Å². The van der Waals surface area contributed by atoms with Gasteiger partial charge >= 0.3 is 0 Å². The Morgan fingerprint density at radius 3 is 2.54 bits per heavy atom. The standard InChI is InChI=1S/C22H24N2O2/c1-16(2)26-22-13-12-17-8-4-6-10-19(17)20(22)15-24-23-14-18-9-5-7-11-21(18)25-3/h4-13,15-16,23H,14H2,1-3H3/b24-15+. The molecule has 0 radical (unpaired) electrons. The van der Waals surface area contributed by atoms with Crippen molar-refractivity contribution in [1.29, 1.82) is 0 Å². The molecule has 1 N–H and O–H groups in total. The maximum Gasteiger partial charge on any atom is 0.129 e. The van der Waals surface area contributed by atoms with Gasteiger partial charge in [0.25, 0.3) is 0 Å². The van der Waals surface area contributed by atoms with E-state index in [1.807, 2.05) is 62.5 Å². The number of nitrogens with zero attached hydrogens (tertiary/aromatic N) is 1. The number of para-hydroxylation sites is 1. The molecule has 0 heterocycles. The van der Waals surface area contributed by atoms with E-state index in [-0.39, 0.29) is 6.10 Å². The maximum atomic E-state index is 5.97. The van der Waals surface area contributed by atoms with Gasteiger partial charge in [-0.15, -0.1) is 0 Å². The first-order chi connectivity index (χ1) is 12.7. The normalized spacial score (nSPS) is 11.2. The van der Waals surface area contributed by atoms with E-state index in [0.29, 0.717) is 6.54 Å². The number of ether oxygens (including phenoxy) is 2. The van der Waals surface area contributed by atoms with Gasteiger partial charge < -0.3 is 14.9 Å². The fraction of sp³-hybridized carbons (Fsp3) is 0.227. The van der Waals surface area contributed by atoms with Crippen molar-refractivity contribution in [3.05, 3.63) is 71.8 Å². The van der Waals surface area contributed by atoms with E-state index in [9.17, 15) is 0 Å². The highest BCUT2D eigenvalue weighted by molar-refractivity contribution is 6.02. The molecular formula is C22H24N2O2. The zero-order valence-electron chi connectivity index (χ0n) is 15.4. The monoisotopic (exact) mass is 348 g/mol. The van der Waals surface area contributed by atoms with E-state index in [0.717, 1.165) is 33.4 Å². The number of fused-ring (bicyclic) bond motifs is 1. The van der Waals surface area contributed by atoms with E-state index in [2.05, 4.69) is 28.7 Å². The Labute approximate surface area is 154 Å². The first-order valence-corrected chi connectivity index (χ1v) is 8.75. The summed E-state index contributed by atoms with van der Waals surface area (Å²) in [4.78, 5) is 0. The molecule has 4 heteroatoms. The summed E-state index contributed by atoms with van der Waals surface area (Å²) in [5.74, 6) is 1.69. The average molecular weight is 348 g/mol. The fourth-order valence-corrected chi connectivity index (χ4v) is 2.86. The molecule has 0 unspecified atom stereocenters. The van der Waals surface area contributed by atoms with Crippen LogP contribution in [0.25, 0.3) is 10.8 Å². The van der Waals surface area contributed by atoms with Crippen molar-refractivity contribution in [3.63, 3.8) is 0 Å². The maximum absolute atomic E-state index is 5.97. The first kappa shape index (κ1) is 17.8. The highest BCUT2D eigenvalue weighted by atomic mass is 16.5. The Hall–Kier alpha value is -3.01. The van der Waals surface area contributed by atoms with Crippen LogP contribution in [0.4, 0.5) is 0 Å². The van der Waals surface area contributed by atoms with E-state index >= 15 is 0 Å². The lowest BCUT2D eigenvalue weighted by Gasteiger charge is -2.14. The number of rotatable bonds is 7. The SMILES string of the molecule is COc1ccccc1CN/N=C/c1c(OC(C)C)ccc2ccccc12. The lowest BCUT2D eigenvalue weighted by atomic mass is 10.0. The van der Waals surface area contributed by atoms with Crippen LogP contribution in [-0.4, -0.2) is 19.4 Å². The Morgan fingerprint density at radius 1 is 0.962 bits per heavy atom. The molecular weight excluding hydrogens is 324 g/mol. The molecule has 3 aromatic rings. The van der Waals surface area contributed by atoms with Crippen LogP contribution in [-0.2, 0) is 6.54 Å². The minimum Gasteiger partial charge on any atom is -0.496 e. The lowest BCUT2D eigenvalue weighted by Crippen LogP contribution is -2.09. The molecule has 0 amide bonds. The topological polar surface area (TPSA) is 42.8 Å². The molecule has 4 nitrogen and oxygen atoms in total. The van der Waals surface area contributed by atoms with E-state index < -0.39 is 0 Å². The zero-order valence-corrected chi connectivity index (χ0v) is 15.4. The number of hydrogen-bond donors (Lipinski definition) is 1. The van der Waals surface area contributed by atoms with E-state index in [4.69, 9.17) is 9.47 Å². The summed E-state index contributed by atoms with van der Waals surface area (Å²) >= 11 is 0. The number of hydrazone groups is 1. The summed E-state index contributed by atoms with van der Waals surface area (Å²) < 4.78 is 11.3. The third-order valence-corrected chi connectivity index (χ3v) is 4.04. The number of benzene rings is 3. The average Bonchev–Trinajstić information content (AvgIpc) is 2.66. The largest absolute Gasteiger partial charge is 0.496 e. The van der Waals surface area contributed by atoms with Crippen molar-refractivity contribution in [3.8, 4) is 11.5 Å². The summed E-state index contributed by atoms with van der Waals surface area (Å²) in [6, 6.07) is 20.2. The number of methoxy groups -OCH3 is 1. The summed E-state index contributed by atoms with van der Waals surface area (Å²) in [6.07, 6.45) is 1.93. The number of hydrogen-bond acceptors (Lipinski definition) is 4. The summed E-state index contributed by atoms with van der Waals surface area (Å²) in [6.45, 7) is 4.64. The van der Waals surface area contributed by atoms with Gasteiger partial charge in [0.05, 0.1) is 26.0 Å². The Bertz CT molecular complexity index is 904. The molecule has 134 valence electrons. The van der Waals surface area contributed by atoms with Gasteiger partial charge in [-0.3, -0.25) is 0 Å². The van der Waals surface area contributed by atoms with Crippen molar-refractivity contribution in [2.24, 2.45) is 5.10 Å². The molecule has 0 spiro atoms. The van der Waals surface area contributed by atoms with Crippen molar-refractivity contribution < 1.29 is 9.47 Å². The third-order valence-electron chi connectivity index (χ3n) is 4.04. The van der Waals surface area contributed by atoms with Gasteiger partial charge in [0, 0.05) is 11.1 Å². The molecule has 3 rings (SSSR count). The fourth-order valence-electron chi connectivity index (χ4n) is 2.86. The van der Waals surface area contributed by atoms with Crippen LogP contribution >= 0.6 is 0 Å². The Morgan fingerprint density at radius 2 is 1.73 bits per heavy atom. The van der Waals surface area contributed by atoms with Crippen LogP contribution in [0, 0.1) is 0 Å². The molecule has 0 aliphatic heterocycles.